The van der Waals surface area contributed by atoms with Crippen molar-refractivity contribution in [3.63, 3.8) is 0 Å². The van der Waals surface area contributed by atoms with Crippen LogP contribution in [0.3, 0.4) is 0 Å². The predicted octanol–water partition coefficient (Wildman–Crippen LogP) is 0.328. The van der Waals surface area contributed by atoms with Crippen LogP contribution in [-0.2, 0) is 6.42 Å². The molecule has 6 nitrogen and oxygen atoms in total. The van der Waals surface area contributed by atoms with Crippen molar-refractivity contribution in [1.29, 1.82) is 0 Å². The number of nitrogens with two attached hydrogens (primary N) is 1. The van der Waals surface area contributed by atoms with Gasteiger partial charge in [0.2, 0.25) is 5.95 Å². The molecule has 6 heteroatoms. The van der Waals surface area contributed by atoms with Crippen LogP contribution in [0.15, 0.2) is 24.5 Å². The summed E-state index contributed by atoms with van der Waals surface area (Å²) in [6.45, 7) is 1.78. The van der Waals surface area contributed by atoms with Gasteiger partial charge in [0, 0.05) is 37.9 Å². The van der Waals surface area contributed by atoms with Crippen molar-refractivity contribution in [1.82, 2.24) is 20.2 Å². The summed E-state index contributed by atoms with van der Waals surface area (Å²) in [7, 11) is 0. The van der Waals surface area contributed by atoms with Gasteiger partial charge in [0.25, 0.3) is 0 Å². The standard InChI is InChI=1S/C12H16N6/c13-10-3-6-18(8-10)12-15-11(16-17-12)7-9-1-4-14-5-2-9/h1-2,4-5,10H,3,6-8,13H2,(H,15,16,17). The van der Waals surface area contributed by atoms with E-state index in [9.17, 15) is 0 Å². The Morgan fingerprint density at radius 2 is 2.22 bits per heavy atom. The molecule has 3 heterocycles. The van der Waals surface area contributed by atoms with Gasteiger partial charge in [0.15, 0.2) is 0 Å². The highest BCUT2D eigenvalue weighted by Gasteiger charge is 2.22. The lowest BCUT2D eigenvalue weighted by Crippen LogP contribution is -2.27. The lowest BCUT2D eigenvalue weighted by atomic mass is 10.2. The fourth-order valence-corrected chi connectivity index (χ4v) is 2.17. The van der Waals surface area contributed by atoms with E-state index in [1.807, 2.05) is 12.1 Å². The summed E-state index contributed by atoms with van der Waals surface area (Å²) in [5.74, 6) is 1.63. The van der Waals surface area contributed by atoms with E-state index in [4.69, 9.17) is 5.73 Å². The fourth-order valence-electron chi connectivity index (χ4n) is 2.17. The van der Waals surface area contributed by atoms with Gasteiger partial charge in [-0.3, -0.25) is 10.1 Å². The second kappa shape index (κ2) is 4.73. The van der Waals surface area contributed by atoms with E-state index in [0.717, 1.165) is 37.7 Å². The zero-order chi connectivity index (χ0) is 12.4. The number of hydrogen-bond donors (Lipinski definition) is 2. The third-order valence-corrected chi connectivity index (χ3v) is 3.15. The second-order valence-corrected chi connectivity index (χ2v) is 4.61. The normalized spacial score (nSPS) is 19.4. The van der Waals surface area contributed by atoms with Gasteiger partial charge in [-0.25, -0.2) is 0 Å². The van der Waals surface area contributed by atoms with Crippen LogP contribution in [-0.4, -0.2) is 39.3 Å². The summed E-state index contributed by atoms with van der Waals surface area (Å²) in [4.78, 5) is 10.6. The van der Waals surface area contributed by atoms with Crippen LogP contribution < -0.4 is 10.6 Å². The van der Waals surface area contributed by atoms with Crippen LogP contribution in [0, 0.1) is 0 Å². The van der Waals surface area contributed by atoms with Gasteiger partial charge in [-0.1, -0.05) is 0 Å². The summed E-state index contributed by atoms with van der Waals surface area (Å²) in [6.07, 6.45) is 5.32. The molecule has 0 saturated carbocycles. The molecule has 1 aliphatic heterocycles. The van der Waals surface area contributed by atoms with Gasteiger partial charge in [0.1, 0.15) is 5.82 Å². The fraction of sp³-hybridized carbons (Fsp3) is 0.417. The first-order valence-electron chi connectivity index (χ1n) is 6.12. The highest BCUT2D eigenvalue weighted by Crippen LogP contribution is 2.15. The molecule has 2 aromatic heterocycles. The van der Waals surface area contributed by atoms with Crippen molar-refractivity contribution in [2.45, 2.75) is 18.9 Å². The van der Waals surface area contributed by atoms with Crippen LogP contribution in [0.5, 0.6) is 0 Å². The number of nitrogens with zero attached hydrogens (tertiary/aromatic N) is 4. The number of anilines is 1. The number of nitrogens with one attached hydrogen (secondary N) is 1. The average molecular weight is 244 g/mol. The summed E-state index contributed by atoms with van der Waals surface area (Å²) in [5.41, 5.74) is 7.05. The zero-order valence-corrected chi connectivity index (χ0v) is 10.1. The van der Waals surface area contributed by atoms with E-state index in [0.29, 0.717) is 0 Å². The molecule has 94 valence electrons. The molecule has 3 rings (SSSR count). The van der Waals surface area contributed by atoms with Crippen molar-refractivity contribution in [3.05, 3.63) is 35.9 Å². The third-order valence-electron chi connectivity index (χ3n) is 3.15. The Bertz CT molecular complexity index is 508. The van der Waals surface area contributed by atoms with Crippen molar-refractivity contribution >= 4 is 5.95 Å². The number of pyridine rings is 1. The molecule has 3 N–H and O–H groups in total. The highest BCUT2D eigenvalue weighted by atomic mass is 15.4. The van der Waals surface area contributed by atoms with Crippen molar-refractivity contribution in [2.24, 2.45) is 5.73 Å². The molecule has 18 heavy (non-hydrogen) atoms. The molecular formula is C12H16N6. The Hall–Kier alpha value is -1.95. The number of aromatic amines is 1. The molecule has 0 bridgehead atoms. The maximum absolute atomic E-state index is 5.88. The SMILES string of the molecule is NC1CCN(c2n[nH]c(Cc3ccncc3)n2)C1. The summed E-state index contributed by atoms with van der Waals surface area (Å²) >= 11 is 0. The molecular weight excluding hydrogens is 228 g/mol. The zero-order valence-electron chi connectivity index (χ0n) is 10.1. The summed E-state index contributed by atoms with van der Waals surface area (Å²) in [5, 5.41) is 7.23. The molecule has 1 atom stereocenters. The topological polar surface area (TPSA) is 83.7 Å². The van der Waals surface area contributed by atoms with Crippen molar-refractivity contribution in [3.8, 4) is 0 Å². The monoisotopic (exact) mass is 244 g/mol. The Morgan fingerprint density at radius 3 is 2.94 bits per heavy atom. The molecule has 1 unspecified atom stereocenters. The van der Waals surface area contributed by atoms with Gasteiger partial charge < -0.3 is 10.6 Å². The minimum absolute atomic E-state index is 0.243. The molecule has 1 fully saturated rings. The minimum atomic E-state index is 0.243. The lowest BCUT2D eigenvalue weighted by molar-refractivity contribution is 0.750. The summed E-state index contributed by atoms with van der Waals surface area (Å²) in [6, 6.07) is 4.20. The molecule has 0 spiro atoms. The first kappa shape index (κ1) is 11.2. The van der Waals surface area contributed by atoms with Crippen molar-refractivity contribution < 1.29 is 0 Å². The van der Waals surface area contributed by atoms with Gasteiger partial charge in [-0.15, -0.1) is 5.10 Å². The molecule has 0 aromatic carbocycles. The number of hydrogen-bond acceptors (Lipinski definition) is 5. The Balaban J connectivity index is 1.70. The van der Waals surface area contributed by atoms with Crippen LogP contribution in [0.1, 0.15) is 17.8 Å². The molecule has 1 saturated heterocycles. The highest BCUT2D eigenvalue weighted by molar-refractivity contribution is 5.32. The van der Waals surface area contributed by atoms with E-state index >= 15 is 0 Å². The number of H-pyrrole nitrogens is 1. The molecule has 0 amide bonds. The van der Waals surface area contributed by atoms with E-state index in [1.165, 1.54) is 5.56 Å². The van der Waals surface area contributed by atoms with Crippen LogP contribution in [0.25, 0.3) is 0 Å². The van der Waals surface area contributed by atoms with E-state index in [-0.39, 0.29) is 6.04 Å². The molecule has 0 radical (unpaired) electrons. The largest absolute Gasteiger partial charge is 0.338 e. The van der Waals surface area contributed by atoms with E-state index < -0.39 is 0 Å². The summed E-state index contributed by atoms with van der Waals surface area (Å²) < 4.78 is 0. The smallest absolute Gasteiger partial charge is 0.244 e. The molecule has 0 aliphatic carbocycles. The first-order chi connectivity index (χ1) is 8.81. The van der Waals surface area contributed by atoms with Crippen LogP contribution >= 0.6 is 0 Å². The van der Waals surface area contributed by atoms with Crippen LogP contribution in [0.2, 0.25) is 0 Å². The lowest BCUT2D eigenvalue weighted by Gasteiger charge is -2.11. The Morgan fingerprint density at radius 1 is 1.39 bits per heavy atom. The minimum Gasteiger partial charge on any atom is -0.338 e. The van der Waals surface area contributed by atoms with E-state index in [1.54, 1.807) is 12.4 Å². The Labute approximate surface area is 105 Å². The quantitative estimate of drug-likeness (QED) is 0.812. The Kier molecular flexibility index (Phi) is 2.93. The van der Waals surface area contributed by atoms with Gasteiger partial charge in [-0.2, -0.15) is 4.98 Å². The van der Waals surface area contributed by atoms with Gasteiger partial charge in [-0.05, 0) is 24.1 Å². The number of aromatic nitrogens is 4. The third kappa shape index (κ3) is 2.33. The van der Waals surface area contributed by atoms with E-state index in [2.05, 4.69) is 25.1 Å². The van der Waals surface area contributed by atoms with Gasteiger partial charge >= 0.3 is 0 Å². The molecule has 1 aliphatic rings. The van der Waals surface area contributed by atoms with Crippen LogP contribution in [0.4, 0.5) is 5.95 Å². The maximum Gasteiger partial charge on any atom is 0.244 e. The second-order valence-electron chi connectivity index (χ2n) is 4.61. The van der Waals surface area contributed by atoms with Gasteiger partial charge in [0.05, 0.1) is 0 Å². The average Bonchev–Trinajstić information content (AvgIpc) is 2.99. The molecule has 2 aromatic rings. The predicted molar refractivity (Wildman–Crippen MR) is 68.2 cm³/mol. The maximum atomic E-state index is 5.88. The first-order valence-corrected chi connectivity index (χ1v) is 6.12. The van der Waals surface area contributed by atoms with Crippen molar-refractivity contribution in [2.75, 3.05) is 18.0 Å². The number of rotatable bonds is 3.